The maximum absolute atomic E-state index is 11.9. The molecule has 3 heteroatoms. The number of rotatable bonds is 5. The highest BCUT2D eigenvalue weighted by Gasteiger charge is 2.14. The van der Waals surface area contributed by atoms with Crippen molar-refractivity contribution in [3.8, 4) is 5.75 Å². The van der Waals surface area contributed by atoms with E-state index in [1.165, 1.54) is 0 Å². The number of likely N-dealkylation sites (N-methyl/N-ethyl adjacent to an activating group) is 1. The first-order valence-electron chi connectivity index (χ1n) is 6.30. The van der Waals surface area contributed by atoms with Gasteiger partial charge in [0.1, 0.15) is 5.75 Å². The van der Waals surface area contributed by atoms with Crippen LogP contribution in [-0.4, -0.2) is 25.0 Å². The molecule has 0 aromatic heterocycles. The Morgan fingerprint density at radius 3 is 2.42 bits per heavy atom. The van der Waals surface area contributed by atoms with Crippen LogP contribution in [0.15, 0.2) is 48.6 Å². The number of allylic oxidation sites excluding steroid dienone is 3. The van der Waals surface area contributed by atoms with Crippen molar-refractivity contribution in [2.45, 2.75) is 19.9 Å². The van der Waals surface area contributed by atoms with Gasteiger partial charge in [0.25, 0.3) is 0 Å². The van der Waals surface area contributed by atoms with Gasteiger partial charge in [0.05, 0.1) is 13.2 Å². The minimum absolute atomic E-state index is 0.0126. The summed E-state index contributed by atoms with van der Waals surface area (Å²) < 4.78 is 5.12. The lowest BCUT2D eigenvalue weighted by atomic mass is 10.1. The summed E-state index contributed by atoms with van der Waals surface area (Å²) in [4.78, 5) is 13.6. The van der Waals surface area contributed by atoms with Gasteiger partial charge >= 0.3 is 0 Å². The lowest BCUT2D eigenvalue weighted by molar-refractivity contribution is -0.126. The Morgan fingerprint density at radius 2 is 1.89 bits per heavy atom. The molecule has 0 heterocycles. The van der Waals surface area contributed by atoms with Crippen LogP contribution in [-0.2, 0) is 4.79 Å². The van der Waals surface area contributed by atoms with Crippen LogP contribution in [0.25, 0.3) is 0 Å². The Morgan fingerprint density at radius 1 is 1.26 bits per heavy atom. The highest BCUT2D eigenvalue weighted by Crippen LogP contribution is 2.21. The number of hydrogen-bond acceptors (Lipinski definition) is 2. The zero-order valence-electron chi connectivity index (χ0n) is 12.0. The van der Waals surface area contributed by atoms with E-state index >= 15 is 0 Å². The molecule has 1 aromatic rings. The molecular formula is C16H21NO2. The Balaban J connectivity index is 2.74. The van der Waals surface area contributed by atoms with E-state index in [0.717, 1.165) is 11.3 Å². The normalized spacial score (nSPS) is 12.8. The lowest BCUT2D eigenvalue weighted by Gasteiger charge is -2.24. The monoisotopic (exact) mass is 259 g/mol. The highest BCUT2D eigenvalue weighted by atomic mass is 16.5. The summed E-state index contributed by atoms with van der Waals surface area (Å²) >= 11 is 0. The minimum Gasteiger partial charge on any atom is -0.497 e. The fraction of sp³-hybridized carbons (Fsp3) is 0.312. The van der Waals surface area contributed by atoms with Crippen molar-refractivity contribution in [1.82, 2.24) is 4.90 Å². The second-order valence-electron chi connectivity index (χ2n) is 4.28. The molecule has 0 aliphatic heterocycles. The molecule has 0 fully saturated rings. The van der Waals surface area contributed by atoms with E-state index in [1.54, 1.807) is 31.2 Å². The van der Waals surface area contributed by atoms with E-state index in [1.807, 2.05) is 50.3 Å². The van der Waals surface area contributed by atoms with Crippen molar-refractivity contribution < 1.29 is 9.53 Å². The van der Waals surface area contributed by atoms with E-state index in [4.69, 9.17) is 4.74 Å². The minimum atomic E-state index is -0.0126. The quantitative estimate of drug-likeness (QED) is 0.599. The van der Waals surface area contributed by atoms with E-state index in [0.29, 0.717) is 0 Å². The molecule has 1 unspecified atom stereocenters. The molecule has 0 aliphatic carbocycles. The van der Waals surface area contributed by atoms with Gasteiger partial charge in [0.15, 0.2) is 0 Å². The zero-order chi connectivity index (χ0) is 14.3. The molecule has 0 aliphatic rings. The van der Waals surface area contributed by atoms with Crippen molar-refractivity contribution in [1.29, 1.82) is 0 Å². The standard InChI is InChI=1S/C16H21NO2/c1-5-6-7-8-16(18)17(3)13(2)14-9-11-15(19-4)12-10-14/h5-13H,1-4H3/b6-5+,8-7+. The van der Waals surface area contributed by atoms with Gasteiger partial charge < -0.3 is 9.64 Å². The average Bonchev–Trinajstić information content (AvgIpc) is 2.46. The number of carbonyl (C=O) groups is 1. The van der Waals surface area contributed by atoms with Crippen molar-refractivity contribution >= 4 is 5.91 Å². The third-order valence-electron chi connectivity index (χ3n) is 3.07. The molecule has 1 atom stereocenters. The molecule has 102 valence electrons. The van der Waals surface area contributed by atoms with E-state index in [9.17, 15) is 4.79 Å². The number of methoxy groups -OCH3 is 1. The van der Waals surface area contributed by atoms with Crippen LogP contribution in [0.5, 0.6) is 5.75 Å². The third kappa shape index (κ3) is 4.28. The second-order valence-corrected chi connectivity index (χ2v) is 4.28. The maximum Gasteiger partial charge on any atom is 0.246 e. The predicted octanol–water partition coefficient (Wildman–Crippen LogP) is 3.35. The predicted molar refractivity (Wildman–Crippen MR) is 78.1 cm³/mol. The summed E-state index contributed by atoms with van der Waals surface area (Å²) in [5.41, 5.74) is 1.08. The lowest BCUT2D eigenvalue weighted by Crippen LogP contribution is -2.27. The van der Waals surface area contributed by atoms with Gasteiger partial charge in [-0.15, -0.1) is 0 Å². The summed E-state index contributed by atoms with van der Waals surface area (Å²) in [6, 6.07) is 7.78. The average molecular weight is 259 g/mol. The number of benzene rings is 1. The highest BCUT2D eigenvalue weighted by molar-refractivity contribution is 5.88. The molecule has 0 N–H and O–H groups in total. The Kier molecular flexibility index (Phi) is 5.86. The molecule has 19 heavy (non-hydrogen) atoms. The summed E-state index contributed by atoms with van der Waals surface area (Å²) in [6.45, 7) is 3.92. The fourth-order valence-electron chi connectivity index (χ4n) is 1.66. The van der Waals surface area contributed by atoms with Gasteiger partial charge in [-0.3, -0.25) is 4.79 Å². The summed E-state index contributed by atoms with van der Waals surface area (Å²) in [6.07, 6.45) is 7.04. The topological polar surface area (TPSA) is 29.5 Å². The second kappa shape index (κ2) is 7.41. The number of amides is 1. The first kappa shape index (κ1) is 15.0. The molecule has 0 saturated carbocycles. The Hall–Kier alpha value is -2.03. The largest absolute Gasteiger partial charge is 0.497 e. The number of carbonyl (C=O) groups excluding carboxylic acids is 1. The molecule has 0 spiro atoms. The Bertz CT molecular complexity index is 460. The maximum atomic E-state index is 11.9. The number of nitrogens with zero attached hydrogens (tertiary/aromatic N) is 1. The van der Waals surface area contributed by atoms with Crippen molar-refractivity contribution in [3.05, 3.63) is 54.1 Å². The van der Waals surface area contributed by atoms with Crippen LogP contribution in [0.4, 0.5) is 0 Å². The van der Waals surface area contributed by atoms with Crippen LogP contribution in [0.3, 0.4) is 0 Å². The van der Waals surface area contributed by atoms with Gasteiger partial charge in [0.2, 0.25) is 5.91 Å². The van der Waals surface area contributed by atoms with Gasteiger partial charge in [-0.1, -0.05) is 30.4 Å². The van der Waals surface area contributed by atoms with Gasteiger partial charge in [0, 0.05) is 13.1 Å². The van der Waals surface area contributed by atoms with E-state index in [-0.39, 0.29) is 11.9 Å². The number of ether oxygens (including phenoxy) is 1. The molecule has 1 aromatic carbocycles. The third-order valence-corrected chi connectivity index (χ3v) is 3.07. The van der Waals surface area contributed by atoms with Crippen LogP contribution in [0.1, 0.15) is 25.5 Å². The van der Waals surface area contributed by atoms with Crippen molar-refractivity contribution in [2.75, 3.05) is 14.2 Å². The van der Waals surface area contributed by atoms with Crippen molar-refractivity contribution in [2.24, 2.45) is 0 Å². The summed E-state index contributed by atoms with van der Waals surface area (Å²) in [7, 11) is 3.44. The molecule has 1 amide bonds. The number of hydrogen-bond donors (Lipinski definition) is 0. The smallest absolute Gasteiger partial charge is 0.246 e. The van der Waals surface area contributed by atoms with Crippen LogP contribution in [0.2, 0.25) is 0 Å². The van der Waals surface area contributed by atoms with E-state index < -0.39 is 0 Å². The summed E-state index contributed by atoms with van der Waals surface area (Å²) in [5.74, 6) is 0.805. The SMILES string of the molecule is C/C=C/C=C/C(=O)N(C)C(C)c1ccc(OC)cc1. The molecular weight excluding hydrogens is 238 g/mol. The zero-order valence-corrected chi connectivity index (χ0v) is 12.0. The van der Waals surface area contributed by atoms with Crippen LogP contribution >= 0.6 is 0 Å². The summed E-state index contributed by atoms with van der Waals surface area (Å²) in [5, 5.41) is 0. The van der Waals surface area contributed by atoms with Crippen LogP contribution in [0, 0.1) is 0 Å². The first-order valence-corrected chi connectivity index (χ1v) is 6.30. The molecule has 0 bridgehead atoms. The fourth-order valence-corrected chi connectivity index (χ4v) is 1.66. The Labute approximate surface area is 115 Å². The van der Waals surface area contributed by atoms with Gasteiger partial charge in [-0.25, -0.2) is 0 Å². The van der Waals surface area contributed by atoms with Gasteiger partial charge in [-0.05, 0) is 31.5 Å². The van der Waals surface area contributed by atoms with Crippen LogP contribution < -0.4 is 4.74 Å². The van der Waals surface area contributed by atoms with E-state index in [2.05, 4.69) is 0 Å². The molecule has 1 rings (SSSR count). The van der Waals surface area contributed by atoms with Gasteiger partial charge in [-0.2, -0.15) is 0 Å². The molecule has 3 nitrogen and oxygen atoms in total. The first-order chi connectivity index (χ1) is 9.10. The molecule has 0 radical (unpaired) electrons. The van der Waals surface area contributed by atoms with Crippen molar-refractivity contribution in [3.63, 3.8) is 0 Å². The molecule has 0 saturated heterocycles.